The number of halogens is 2. The minimum atomic E-state index is -1.06. The molecule has 0 aromatic carbocycles. The topological polar surface area (TPSA) is 138 Å². The molecule has 0 spiro atoms. The lowest BCUT2D eigenvalue weighted by molar-refractivity contribution is -0.155. The summed E-state index contributed by atoms with van der Waals surface area (Å²) in [6, 6.07) is 0. The van der Waals surface area contributed by atoms with Crippen LogP contribution >= 0.6 is 23.2 Å². The van der Waals surface area contributed by atoms with Gasteiger partial charge in [0.2, 0.25) is 0 Å². The van der Waals surface area contributed by atoms with E-state index >= 15 is 0 Å². The molecule has 0 aromatic heterocycles. The Morgan fingerprint density at radius 3 is 1.32 bits per heavy atom. The van der Waals surface area contributed by atoms with Crippen LogP contribution in [-0.2, 0) is 23.7 Å². The average Bonchev–Trinajstić information content (AvgIpc) is 2.82. The number of carbonyl (C=O) groups excluding carboxylic acids is 3. The first-order valence-electron chi connectivity index (χ1n) is 14.4. The molecule has 244 valence electrons. The Kier molecular flexibility index (Phi) is 22.7. The van der Waals surface area contributed by atoms with Gasteiger partial charge < -0.3 is 35.3 Å². The first-order chi connectivity index (χ1) is 18.8. The normalized spacial score (nSPS) is 16.3. The second-order valence-electron chi connectivity index (χ2n) is 12.9. The SMILES string of the molecule is CC(C)(C)OC(=O)CCC1CCNCC1.CC(C)(C)OC(=O)OC(=O)OC(C)(C)C.ClCCl.NCC1CCNCC1. The summed E-state index contributed by atoms with van der Waals surface area (Å²) in [5.41, 5.74) is 3.74. The summed E-state index contributed by atoms with van der Waals surface area (Å²) in [4.78, 5) is 33.5. The highest BCUT2D eigenvalue weighted by atomic mass is 35.5. The molecule has 2 saturated heterocycles. The first-order valence-corrected chi connectivity index (χ1v) is 15.5. The van der Waals surface area contributed by atoms with Crippen molar-refractivity contribution in [1.29, 1.82) is 0 Å². The predicted octanol–water partition coefficient (Wildman–Crippen LogP) is 6.35. The Morgan fingerprint density at radius 1 is 0.683 bits per heavy atom. The van der Waals surface area contributed by atoms with E-state index in [1.807, 2.05) is 20.8 Å². The maximum Gasteiger partial charge on any atom is 0.519 e. The van der Waals surface area contributed by atoms with Gasteiger partial charge in [0.15, 0.2) is 0 Å². The number of rotatable bonds is 4. The maximum atomic E-state index is 11.5. The molecule has 12 heteroatoms. The van der Waals surface area contributed by atoms with Crippen molar-refractivity contribution < 1.29 is 33.3 Å². The fourth-order valence-corrected chi connectivity index (χ4v) is 3.61. The lowest BCUT2D eigenvalue weighted by atomic mass is 9.93. The highest BCUT2D eigenvalue weighted by Crippen LogP contribution is 2.19. The fourth-order valence-electron chi connectivity index (χ4n) is 3.61. The monoisotopic (exact) mass is 629 g/mol. The molecule has 0 amide bonds. The summed E-state index contributed by atoms with van der Waals surface area (Å²) >= 11 is 9.53. The van der Waals surface area contributed by atoms with E-state index in [1.54, 1.807) is 41.5 Å². The van der Waals surface area contributed by atoms with Crippen molar-refractivity contribution in [1.82, 2.24) is 10.6 Å². The summed E-state index contributed by atoms with van der Waals surface area (Å²) < 4.78 is 19.1. The van der Waals surface area contributed by atoms with Crippen molar-refractivity contribution >= 4 is 41.5 Å². The van der Waals surface area contributed by atoms with Crippen LogP contribution in [0.3, 0.4) is 0 Å². The minimum Gasteiger partial charge on any atom is -0.460 e. The summed E-state index contributed by atoms with van der Waals surface area (Å²) in [7, 11) is 0. The van der Waals surface area contributed by atoms with Crippen molar-refractivity contribution in [3.8, 4) is 0 Å². The van der Waals surface area contributed by atoms with Crippen molar-refractivity contribution in [3.63, 3.8) is 0 Å². The van der Waals surface area contributed by atoms with Gasteiger partial charge in [0, 0.05) is 6.42 Å². The van der Waals surface area contributed by atoms with E-state index in [-0.39, 0.29) is 16.9 Å². The van der Waals surface area contributed by atoms with Gasteiger partial charge in [-0.1, -0.05) is 0 Å². The van der Waals surface area contributed by atoms with Crippen LogP contribution in [0.2, 0.25) is 0 Å². The Balaban J connectivity index is 0. The van der Waals surface area contributed by atoms with Crippen LogP contribution in [-0.4, -0.2) is 73.1 Å². The molecule has 2 rings (SSSR count). The third kappa shape index (κ3) is 31.4. The molecule has 0 saturated carbocycles. The number of piperidine rings is 2. The lowest BCUT2D eigenvalue weighted by Crippen LogP contribution is -2.31. The van der Waals surface area contributed by atoms with Crippen LogP contribution in [0.15, 0.2) is 0 Å². The van der Waals surface area contributed by atoms with Gasteiger partial charge in [-0.3, -0.25) is 4.79 Å². The molecule has 2 aliphatic rings. The molecule has 10 nitrogen and oxygen atoms in total. The van der Waals surface area contributed by atoms with Gasteiger partial charge in [-0.25, -0.2) is 9.59 Å². The molecule has 0 aromatic rings. The number of hydrogen-bond donors (Lipinski definition) is 3. The molecule has 4 N–H and O–H groups in total. The number of nitrogens with one attached hydrogen (secondary N) is 2. The van der Waals surface area contributed by atoms with Crippen molar-refractivity contribution in [3.05, 3.63) is 0 Å². The quantitative estimate of drug-likeness (QED) is 0.139. The van der Waals surface area contributed by atoms with E-state index in [4.69, 9.17) is 43.1 Å². The second kappa shape index (κ2) is 22.2. The number of ether oxygens (including phenoxy) is 4. The van der Waals surface area contributed by atoms with Crippen molar-refractivity contribution in [2.75, 3.05) is 38.1 Å². The Hall–Kier alpha value is -1.33. The molecule has 2 heterocycles. The number of esters is 1. The smallest absolute Gasteiger partial charge is 0.460 e. The molecular formula is C29H57Cl2N3O7. The number of carbonyl (C=O) groups is 3. The highest BCUT2D eigenvalue weighted by molar-refractivity contribution is 6.40. The molecule has 0 unspecified atom stereocenters. The van der Waals surface area contributed by atoms with Crippen molar-refractivity contribution in [2.45, 2.75) is 118 Å². The number of hydrogen-bond acceptors (Lipinski definition) is 10. The molecule has 0 bridgehead atoms. The molecule has 2 fully saturated rings. The molecule has 0 aliphatic carbocycles. The minimum absolute atomic E-state index is 0.0546. The molecular weight excluding hydrogens is 573 g/mol. The van der Waals surface area contributed by atoms with Gasteiger partial charge in [-0.15, -0.1) is 23.2 Å². The van der Waals surface area contributed by atoms with Crippen LogP contribution in [0, 0.1) is 11.8 Å². The fraction of sp³-hybridized carbons (Fsp3) is 0.897. The van der Waals surface area contributed by atoms with Gasteiger partial charge >= 0.3 is 18.3 Å². The van der Waals surface area contributed by atoms with E-state index in [0.29, 0.717) is 12.3 Å². The highest BCUT2D eigenvalue weighted by Gasteiger charge is 2.24. The molecule has 0 radical (unpaired) electrons. The van der Waals surface area contributed by atoms with E-state index in [1.165, 1.54) is 38.8 Å². The summed E-state index contributed by atoms with van der Waals surface area (Å²) in [5.74, 6) is 1.45. The molecule has 0 atom stereocenters. The van der Waals surface area contributed by atoms with Crippen LogP contribution < -0.4 is 16.4 Å². The van der Waals surface area contributed by atoms with Gasteiger partial charge in [0.05, 0.1) is 5.34 Å². The van der Waals surface area contributed by atoms with Gasteiger partial charge in [0.25, 0.3) is 0 Å². The first kappa shape index (κ1) is 41.8. The zero-order valence-corrected chi connectivity index (χ0v) is 28.3. The maximum absolute atomic E-state index is 11.5. The standard InChI is InChI=1S/C12H23NO2.C10H18O5.C6H14N2.CH2Cl2/c1-12(2,3)15-11(14)5-4-10-6-8-13-9-7-10;1-9(2,3)14-7(11)13-8(12)15-10(4,5)6;7-5-6-1-3-8-4-2-6;2-1-3/h10,13H,4-9H2,1-3H3;1-6H3;6,8H,1-5,7H2;1H2. The largest absolute Gasteiger partial charge is 0.519 e. The van der Waals surface area contributed by atoms with Gasteiger partial charge in [-0.05, 0) is 139 Å². The van der Waals surface area contributed by atoms with Gasteiger partial charge in [-0.2, -0.15) is 0 Å². The van der Waals surface area contributed by atoms with Crippen LogP contribution in [0.1, 0.15) is 101 Å². The Bertz CT molecular complexity index is 683. The molecule has 41 heavy (non-hydrogen) atoms. The zero-order valence-electron chi connectivity index (χ0n) is 26.8. The summed E-state index contributed by atoms with van der Waals surface area (Å²) in [6.07, 6.45) is 4.38. The van der Waals surface area contributed by atoms with Crippen LogP contribution in [0.25, 0.3) is 0 Å². The zero-order chi connectivity index (χ0) is 32.1. The summed E-state index contributed by atoms with van der Waals surface area (Å²) in [6.45, 7) is 21.2. The van der Waals surface area contributed by atoms with Gasteiger partial charge in [0.1, 0.15) is 16.8 Å². The van der Waals surface area contributed by atoms with E-state index in [0.717, 1.165) is 32.0 Å². The van der Waals surface area contributed by atoms with Crippen LogP contribution in [0.5, 0.6) is 0 Å². The third-order valence-electron chi connectivity index (χ3n) is 5.37. The Morgan fingerprint density at radius 2 is 1.02 bits per heavy atom. The number of nitrogens with two attached hydrogens (primary N) is 1. The van der Waals surface area contributed by atoms with Crippen LogP contribution in [0.4, 0.5) is 9.59 Å². The average molecular weight is 631 g/mol. The van der Waals surface area contributed by atoms with E-state index in [2.05, 4.69) is 15.4 Å². The summed E-state index contributed by atoms with van der Waals surface area (Å²) in [5, 5.41) is 6.81. The predicted molar refractivity (Wildman–Crippen MR) is 165 cm³/mol. The van der Waals surface area contributed by atoms with E-state index in [9.17, 15) is 14.4 Å². The number of alkyl halides is 2. The van der Waals surface area contributed by atoms with Crippen molar-refractivity contribution in [2.24, 2.45) is 17.6 Å². The lowest BCUT2D eigenvalue weighted by Gasteiger charge is -2.23. The Labute approximate surface area is 258 Å². The van der Waals surface area contributed by atoms with E-state index < -0.39 is 23.5 Å². The third-order valence-corrected chi connectivity index (χ3v) is 5.37. The molecule has 2 aliphatic heterocycles. The second-order valence-corrected chi connectivity index (χ2v) is 13.7.